The molecule has 1 aliphatic heterocycles. The molecule has 2 rings (SSSR count). The van der Waals surface area contributed by atoms with Gasteiger partial charge in [-0.15, -0.1) is 11.3 Å². The van der Waals surface area contributed by atoms with E-state index in [4.69, 9.17) is 4.84 Å². The summed E-state index contributed by atoms with van der Waals surface area (Å²) in [7, 11) is 0. The van der Waals surface area contributed by atoms with Crippen LogP contribution in [0.25, 0.3) is 0 Å². The van der Waals surface area contributed by atoms with Crippen molar-refractivity contribution in [3.63, 3.8) is 0 Å². The van der Waals surface area contributed by atoms with E-state index in [1.165, 1.54) is 5.06 Å². The average molecular weight is 198 g/mol. The van der Waals surface area contributed by atoms with Gasteiger partial charge in [0.25, 0.3) is 0 Å². The first-order chi connectivity index (χ1) is 6.31. The minimum absolute atomic E-state index is 0.0162. The van der Waals surface area contributed by atoms with Gasteiger partial charge in [0.2, 0.25) is 6.41 Å². The van der Waals surface area contributed by atoms with Gasteiger partial charge >= 0.3 is 0 Å². The molecule has 1 fully saturated rings. The molecule has 13 heavy (non-hydrogen) atoms. The van der Waals surface area contributed by atoms with E-state index in [-0.39, 0.29) is 6.04 Å². The molecule has 70 valence electrons. The lowest BCUT2D eigenvalue weighted by Gasteiger charge is -2.14. The molecule has 1 amide bonds. The smallest absolute Gasteiger partial charge is 0.233 e. The van der Waals surface area contributed by atoms with Crippen molar-refractivity contribution < 1.29 is 9.63 Å². The molecule has 1 saturated heterocycles. The van der Waals surface area contributed by atoms with Gasteiger partial charge in [0.05, 0.1) is 17.3 Å². The molecular weight excluding hydrogens is 188 g/mol. The molecule has 0 aromatic carbocycles. The lowest BCUT2D eigenvalue weighted by atomic mass is 10.2. The predicted molar refractivity (Wildman–Crippen MR) is 48.1 cm³/mol. The zero-order valence-electron chi connectivity index (χ0n) is 7.27. The molecule has 2 heterocycles. The molecule has 0 N–H and O–H groups in total. The van der Waals surface area contributed by atoms with Crippen LogP contribution in [0.5, 0.6) is 0 Å². The Morgan fingerprint density at radius 3 is 3.31 bits per heavy atom. The molecule has 1 aliphatic rings. The molecule has 5 heteroatoms. The SMILES string of the molecule is Cc1nc([C@@H]2CCON2C=O)cs1. The Labute approximate surface area is 80.1 Å². The van der Waals surface area contributed by atoms with E-state index in [9.17, 15) is 4.79 Å². The summed E-state index contributed by atoms with van der Waals surface area (Å²) in [6.45, 7) is 2.55. The van der Waals surface area contributed by atoms with Crippen LogP contribution in [0.3, 0.4) is 0 Å². The van der Waals surface area contributed by atoms with Crippen LogP contribution in [-0.2, 0) is 9.63 Å². The van der Waals surface area contributed by atoms with Gasteiger partial charge < -0.3 is 0 Å². The van der Waals surface area contributed by atoms with E-state index in [1.54, 1.807) is 11.3 Å². The van der Waals surface area contributed by atoms with E-state index in [0.29, 0.717) is 13.0 Å². The van der Waals surface area contributed by atoms with Crippen molar-refractivity contribution in [3.8, 4) is 0 Å². The summed E-state index contributed by atoms with van der Waals surface area (Å²) in [5.74, 6) is 0. The van der Waals surface area contributed by atoms with Gasteiger partial charge in [-0.3, -0.25) is 9.63 Å². The zero-order valence-corrected chi connectivity index (χ0v) is 8.08. The Hall–Kier alpha value is -0.940. The molecular formula is C8H10N2O2S. The molecule has 0 spiro atoms. The average Bonchev–Trinajstić information content (AvgIpc) is 2.71. The highest BCUT2D eigenvalue weighted by atomic mass is 32.1. The van der Waals surface area contributed by atoms with Gasteiger partial charge in [0.1, 0.15) is 6.04 Å². The number of amides is 1. The standard InChI is InChI=1S/C8H10N2O2S/c1-6-9-7(4-13-6)8-2-3-12-10(8)5-11/h4-5,8H,2-3H2,1H3/t8-/m0/s1. The number of aromatic nitrogens is 1. The fraction of sp³-hybridized carbons (Fsp3) is 0.500. The number of hydrogen-bond acceptors (Lipinski definition) is 4. The lowest BCUT2D eigenvalue weighted by Crippen LogP contribution is -2.19. The monoisotopic (exact) mass is 198 g/mol. The van der Waals surface area contributed by atoms with Crippen LogP contribution in [0, 0.1) is 6.92 Å². The maximum absolute atomic E-state index is 10.6. The van der Waals surface area contributed by atoms with E-state index in [1.807, 2.05) is 12.3 Å². The summed E-state index contributed by atoms with van der Waals surface area (Å²) < 4.78 is 0. The van der Waals surface area contributed by atoms with Crippen molar-refractivity contribution >= 4 is 17.7 Å². The van der Waals surface area contributed by atoms with Gasteiger partial charge in [0, 0.05) is 11.8 Å². The van der Waals surface area contributed by atoms with Crippen molar-refractivity contribution in [1.29, 1.82) is 0 Å². The first-order valence-corrected chi connectivity index (χ1v) is 4.98. The second kappa shape index (κ2) is 3.43. The highest BCUT2D eigenvalue weighted by Crippen LogP contribution is 2.29. The Kier molecular flexibility index (Phi) is 2.28. The fourth-order valence-corrected chi connectivity index (χ4v) is 2.06. The Balaban J connectivity index is 2.20. The number of carbonyl (C=O) groups is 1. The molecule has 0 saturated carbocycles. The summed E-state index contributed by atoms with van der Waals surface area (Å²) in [6, 6.07) is 0.0162. The number of nitrogens with zero attached hydrogens (tertiary/aromatic N) is 2. The van der Waals surface area contributed by atoms with Crippen LogP contribution in [0.2, 0.25) is 0 Å². The molecule has 1 aromatic rings. The van der Waals surface area contributed by atoms with Gasteiger partial charge in [-0.05, 0) is 6.92 Å². The minimum Gasteiger partial charge on any atom is -0.276 e. The second-order valence-corrected chi connectivity index (χ2v) is 3.96. The molecule has 1 atom stereocenters. The highest BCUT2D eigenvalue weighted by molar-refractivity contribution is 7.09. The van der Waals surface area contributed by atoms with Crippen molar-refractivity contribution in [3.05, 3.63) is 16.1 Å². The molecule has 0 aliphatic carbocycles. The second-order valence-electron chi connectivity index (χ2n) is 2.89. The third-order valence-electron chi connectivity index (χ3n) is 2.02. The quantitative estimate of drug-likeness (QED) is 0.672. The lowest BCUT2D eigenvalue weighted by molar-refractivity contribution is -0.161. The van der Waals surface area contributed by atoms with Crippen molar-refractivity contribution in [2.45, 2.75) is 19.4 Å². The number of thiazole rings is 1. The Bertz CT molecular complexity index is 313. The third kappa shape index (κ3) is 1.57. The fourth-order valence-electron chi connectivity index (χ4n) is 1.40. The first kappa shape index (κ1) is 8.65. The largest absolute Gasteiger partial charge is 0.276 e. The molecule has 4 nitrogen and oxygen atoms in total. The van der Waals surface area contributed by atoms with Crippen LogP contribution in [0.1, 0.15) is 23.2 Å². The Morgan fingerprint density at radius 1 is 1.85 bits per heavy atom. The van der Waals surface area contributed by atoms with Crippen LogP contribution >= 0.6 is 11.3 Å². The molecule has 0 bridgehead atoms. The van der Waals surface area contributed by atoms with Crippen LogP contribution in [-0.4, -0.2) is 23.1 Å². The molecule has 1 aromatic heterocycles. The summed E-state index contributed by atoms with van der Waals surface area (Å²) >= 11 is 1.59. The maximum atomic E-state index is 10.6. The van der Waals surface area contributed by atoms with E-state index < -0.39 is 0 Å². The maximum Gasteiger partial charge on any atom is 0.233 e. The normalized spacial score (nSPS) is 22.2. The van der Waals surface area contributed by atoms with E-state index in [0.717, 1.165) is 17.1 Å². The summed E-state index contributed by atoms with van der Waals surface area (Å²) in [5, 5.41) is 4.34. The summed E-state index contributed by atoms with van der Waals surface area (Å²) in [4.78, 5) is 20.0. The summed E-state index contributed by atoms with van der Waals surface area (Å²) in [6.07, 6.45) is 1.55. The number of hydrogen-bond donors (Lipinski definition) is 0. The van der Waals surface area contributed by atoms with Gasteiger partial charge in [0.15, 0.2) is 0 Å². The number of carbonyl (C=O) groups excluding carboxylic acids is 1. The molecule has 0 radical (unpaired) electrons. The number of rotatable bonds is 2. The summed E-state index contributed by atoms with van der Waals surface area (Å²) in [5.41, 5.74) is 0.937. The first-order valence-electron chi connectivity index (χ1n) is 4.10. The third-order valence-corrected chi connectivity index (χ3v) is 2.81. The number of hydroxylamine groups is 2. The van der Waals surface area contributed by atoms with E-state index >= 15 is 0 Å². The highest BCUT2D eigenvalue weighted by Gasteiger charge is 2.27. The van der Waals surface area contributed by atoms with Gasteiger partial charge in [-0.2, -0.15) is 0 Å². The minimum atomic E-state index is 0.0162. The van der Waals surface area contributed by atoms with Crippen molar-refractivity contribution in [2.75, 3.05) is 6.61 Å². The van der Waals surface area contributed by atoms with Crippen molar-refractivity contribution in [1.82, 2.24) is 10.0 Å². The zero-order chi connectivity index (χ0) is 9.26. The topological polar surface area (TPSA) is 42.4 Å². The predicted octanol–water partition coefficient (Wildman–Crippen LogP) is 1.29. The van der Waals surface area contributed by atoms with Gasteiger partial charge in [-0.25, -0.2) is 10.0 Å². The van der Waals surface area contributed by atoms with Gasteiger partial charge in [-0.1, -0.05) is 0 Å². The van der Waals surface area contributed by atoms with E-state index in [2.05, 4.69) is 4.98 Å². The van der Waals surface area contributed by atoms with Crippen LogP contribution in [0.4, 0.5) is 0 Å². The van der Waals surface area contributed by atoms with Crippen LogP contribution < -0.4 is 0 Å². The Morgan fingerprint density at radius 2 is 2.69 bits per heavy atom. The number of aryl methyl sites for hydroxylation is 1. The van der Waals surface area contributed by atoms with Crippen LogP contribution in [0.15, 0.2) is 5.38 Å². The van der Waals surface area contributed by atoms with Crippen molar-refractivity contribution in [2.24, 2.45) is 0 Å². The molecule has 0 unspecified atom stereocenters.